The number of aliphatic hydroxyl groups is 2. The molecule has 4 aliphatic carbocycles. The Balaban J connectivity index is 1.86. The SMILES string of the molecule is CC(C)(O)C12CC3CC(CC(C(=O)OC(O)C(F)(F)S(=O)(=O)O)(C3)C1)C2. The first-order valence-corrected chi connectivity index (χ1v) is 10.0. The molecule has 4 rings (SSSR count). The van der Waals surface area contributed by atoms with Crippen molar-refractivity contribution in [2.75, 3.05) is 0 Å². The summed E-state index contributed by atoms with van der Waals surface area (Å²) in [5, 5.41) is 15.1. The fraction of sp³-hybridized carbons (Fsp3) is 0.938. The van der Waals surface area contributed by atoms with Gasteiger partial charge in [0.25, 0.3) is 6.29 Å². The summed E-state index contributed by atoms with van der Waals surface area (Å²) in [6.45, 7) is 3.33. The van der Waals surface area contributed by atoms with E-state index < -0.39 is 44.1 Å². The van der Waals surface area contributed by atoms with Crippen LogP contribution in [-0.4, -0.2) is 46.3 Å². The van der Waals surface area contributed by atoms with Crippen molar-refractivity contribution in [2.45, 2.75) is 69.5 Å². The maximum Gasteiger partial charge on any atom is 0.430 e. The summed E-state index contributed by atoms with van der Waals surface area (Å²) < 4.78 is 61.5. The standard InChI is InChI=1S/C16H24F2O7S/c1-13(2,21)15-6-9-3-10(7-15)5-14(4-9,8-15)11(19)25-12(20)16(17,18)26(22,23)24/h9-10,12,20-21H,3-8H2,1-2H3,(H,22,23,24). The average Bonchev–Trinajstić information content (AvgIpc) is 2.43. The van der Waals surface area contributed by atoms with Gasteiger partial charge in [-0.15, -0.1) is 0 Å². The van der Waals surface area contributed by atoms with Crippen molar-refractivity contribution >= 4 is 16.1 Å². The Labute approximate surface area is 150 Å². The van der Waals surface area contributed by atoms with Gasteiger partial charge in [0.2, 0.25) is 0 Å². The summed E-state index contributed by atoms with van der Waals surface area (Å²) in [7, 11) is -5.94. The van der Waals surface area contributed by atoms with Gasteiger partial charge in [0.05, 0.1) is 11.0 Å². The van der Waals surface area contributed by atoms with Crippen LogP contribution in [0.25, 0.3) is 0 Å². The van der Waals surface area contributed by atoms with Crippen LogP contribution in [0.3, 0.4) is 0 Å². The lowest BCUT2D eigenvalue weighted by Crippen LogP contribution is -2.62. The lowest BCUT2D eigenvalue weighted by Gasteiger charge is -2.64. The minimum Gasteiger partial charge on any atom is -0.427 e. The summed E-state index contributed by atoms with van der Waals surface area (Å²) in [4.78, 5) is 12.7. The summed E-state index contributed by atoms with van der Waals surface area (Å²) >= 11 is 0. The molecule has 0 aromatic carbocycles. The van der Waals surface area contributed by atoms with E-state index in [-0.39, 0.29) is 18.3 Å². The number of rotatable bonds is 5. The molecule has 0 spiro atoms. The molecule has 10 heteroatoms. The molecule has 150 valence electrons. The third-order valence-corrected chi connectivity index (χ3v) is 7.53. The van der Waals surface area contributed by atoms with Gasteiger partial charge in [-0.05, 0) is 64.2 Å². The molecule has 4 fully saturated rings. The molecular formula is C16H24F2O7S. The number of carbonyl (C=O) groups excluding carboxylic acids is 1. The molecule has 0 aromatic heterocycles. The summed E-state index contributed by atoms with van der Waals surface area (Å²) in [5.74, 6) is -0.833. The molecule has 0 amide bonds. The normalized spacial score (nSPS) is 38.3. The van der Waals surface area contributed by atoms with Crippen LogP contribution < -0.4 is 0 Å². The second-order valence-corrected chi connectivity index (χ2v) is 10.4. The second kappa shape index (κ2) is 5.59. The second-order valence-electron chi connectivity index (χ2n) is 8.88. The molecule has 0 heterocycles. The number of ether oxygens (including phenoxy) is 1. The van der Waals surface area contributed by atoms with Gasteiger partial charge in [0.15, 0.2) is 0 Å². The molecule has 7 nitrogen and oxygen atoms in total. The maximum atomic E-state index is 13.5. The zero-order chi connectivity index (χ0) is 19.8. The van der Waals surface area contributed by atoms with Crippen LogP contribution in [0.15, 0.2) is 0 Å². The Bertz CT molecular complexity index is 699. The van der Waals surface area contributed by atoms with E-state index in [4.69, 9.17) is 4.55 Å². The molecular weight excluding hydrogens is 374 g/mol. The Hall–Kier alpha value is -0.840. The molecule has 0 aliphatic heterocycles. The van der Waals surface area contributed by atoms with Crippen molar-refractivity contribution in [2.24, 2.45) is 22.7 Å². The molecule has 26 heavy (non-hydrogen) atoms. The first-order chi connectivity index (χ1) is 11.6. The Morgan fingerprint density at radius 2 is 1.69 bits per heavy atom. The van der Waals surface area contributed by atoms with Crippen LogP contribution in [0, 0.1) is 22.7 Å². The Kier molecular flexibility index (Phi) is 4.28. The van der Waals surface area contributed by atoms with Gasteiger partial charge in [0.1, 0.15) is 0 Å². The fourth-order valence-corrected chi connectivity index (χ4v) is 5.94. The first kappa shape index (κ1) is 19.9. The molecule has 3 N–H and O–H groups in total. The van der Waals surface area contributed by atoms with Crippen molar-refractivity contribution in [3.05, 3.63) is 0 Å². The third-order valence-electron chi connectivity index (χ3n) is 6.64. The van der Waals surface area contributed by atoms with E-state index in [1.807, 2.05) is 0 Å². The van der Waals surface area contributed by atoms with E-state index in [1.54, 1.807) is 13.8 Å². The van der Waals surface area contributed by atoms with Gasteiger partial charge in [-0.25, -0.2) is 0 Å². The van der Waals surface area contributed by atoms with E-state index >= 15 is 0 Å². The number of hydrogen-bond acceptors (Lipinski definition) is 6. The van der Waals surface area contributed by atoms with Gasteiger partial charge < -0.3 is 14.9 Å². The highest BCUT2D eigenvalue weighted by Crippen LogP contribution is 2.68. The highest BCUT2D eigenvalue weighted by Gasteiger charge is 2.66. The van der Waals surface area contributed by atoms with E-state index in [0.717, 1.165) is 19.3 Å². The Morgan fingerprint density at radius 1 is 1.19 bits per heavy atom. The highest BCUT2D eigenvalue weighted by atomic mass is 32.2. The van der Waals surface area contributed by atoms with E-state index in [2.05, 4.69) is 4.74 Å². The van der Waals surface area contributed by atoms with E-state index in [0.29, 0.717) is 12.8 Å². The van der Waals surface area contributed by atoms with Crippen LogP contribution in [0.4, 0.5) is 8.78 Å². The zero-order valence-corrected chi connectivity index (χ0v) is 15.4. The molecule has 3 atom stereocenters. The van der Waals surface area contributed by atoms with E-state index in [9.17, 15) is 32.2 Å². The van der Waals surface area contributed by atoms with Crippen molar-refractivity contribution in [1.82, 2.24) is 0 Å². The van der Waals surface area contributed by atoms with Gasteiger partial charge >= 0.3 is 21.3 Å². The number of halogens is 2. The minimum absolute atomic E-state index is 0.134. The minimum atomic E-state index is -5.94. The molecule has 0 radical (unpaired) electrons. The summed E-state index contributed by atoms with van der Waals surface area (Å²) in [6.07, 6.45) is 0.0681. The smallest absolute Gasteiger partial charge is 0.427 e. The first-order valence-electron chi connectivity index (χ1n) is 8.58. The van der Waals surface area contributed by atoms with Crippen molar-refractivity contribution < 1.29 is 41.5 Å². The fourth-order valence-electron chi connectivity index (χ4n) is 5.64. The molecule has 3 unspecified atom stereocenters. The number of esters is 1. The molecule has 4 bridgehead atoms. The highest BCUT2D eigenvalue weighted by molar-refractivity contribution is 7.86. The number of aliphatic hydroxyl groups excluding tert-OH is 1. The maximum absolute atomic E-state index is 13.5. The van der Waals surface area contributed by atoms with Crippen molar-refractivity contribution in [1.29, 1.82) is 0 Å². The van der Waals surface area contributed by atoms with Crippen LogP contribution in [-0.2, 0) is 19.6 Å². The van der Waals surface area contributed by atoms with Gasteiger partial charge in [0, 0.05) is 5.41 Å². The van der Waals surface area contributed by atoms with Gasteiger partial charge in [-0.3, -0.25) is 9.35 Å². The number of alkyl halides is 2. The quantitative estimate of drug-likeness (QED) is 0.366. The average molecular weight is 398 g/mol. The topological polar surface area (TPSA) is 121 Å². The molecule has 0 aromatic rings. The number of hydrogen-bond donors (Lipinski definition) is 3. The largest absolute Gasteiger partial charge is 0.430 e. The predicted octanol–water partition coefficient (Wildman–Crippen LogP) is 1.69. The number of carbonyl (C=O) groups is 1. The third kappa shape index (κ3) is 2.85. The molecule has 4 aliphatic rings. The zero-order valence-electron chi connectivity index (χ0n) is 14.6. The van der Waals surface area contributed by atoms with Gasteiger partial charge in [-0.2, -0.15) is 17.2 Å². The van der Waals surface area contributed by atoms with Crippen LogP contribution >= 0.6 is 0 Å². The van der Waals surface area contributed by atoms with Crippen LogP contribution in [0.2, 0.25) is 0 Å². The summed E-state index contributed by atoms with van der Waals surface area (Å²) in [6, 6.07) is 0. The van der Waals surface area contributed by atoms with E-state index in [1.165, 1.54) is 0 Å². The van der Waals surface area contributed by atoms with Crippen LogP contribution in [0.1, 0.15) is 52.4 Å². The predicted molar refractivity (Wildman–Crippen MR) is 84.4 cm³/mol. The van der Waals surface area contributed by atoms with Crippen molar-refractivity contribution in [3.63, 3.8) is 0 Å². The van der Waals surface area contributed by atoms with Crippen LogP contribution in [0.5, 0.6) is 0 Å². The van der Waals surface area contributed by atoms with Crippen molar-refractivity contribution in [3.8, 4) is 0 Å². The molecule has 0 saturated heterocycles. The Morgan fingerprint density at radius 3 is 2.12 bits per heavy atom. The van der Waals surface area contributed by atoms with Gasteiger partial charge in [-0.1, -0.05) is 0 Å². The lowest BCUT2D eigenvalue weighted by molar-refractivity contribution is -0.238. The lowest BCUT2D eigenvalue weighted by atomic mass is 9.41. The summed E-state index contributed by atoms with van der Waals surface area (Å²) in [5.41, 5.74) is -2.76. The molecule has 4 saturated carbocycles. The monoisotopic (exact) mass is 398 g/mol.